The largest absolute Gasteiger partial charge is 0.476 e. The van der Waals surface area contributed by atoms with Gasteiger partial charge in [-0.05, 0) is 19.9 Å². The van der Waals surface area contributed by atoms with Crippen molar-refractivity contribution < 1.29 is 22.7 Å². The predicted molar refractivity (Wildman–Crippen MR) is 76.1 cm³/mol. The van der Waals surface area contributed by atoms with Crippen LogP contribution in [0, 0.1) is 13.8 Å². The molecule has 0 aliphatic heterocycles. The molecule has 2 heterocycles. The maximum Gasteiger partial charge on any atom is 0.355 e. The van der Waals surface area contributed by atoms with Gasteiger partial charge in [0, 0.05) is 18.3 Å². The summed E-state index contributed by atoms with van der Waals surface area (Å²) in [6, 6.07) is 1.46. The van der Waals surface area contributed by atoms with E-state index in [4.69, 9.17) is 9.52 Å². The van der Waals surface area contributed by atoms with Crippen LogP contribution in [0.25, 0.3) is 0 Å². The Morgan fingerprint density at radius 1 is 1.48 bits per heavy atom. The second kappa shape index (κ2) is 5.96. The third-order valence-electron chi connectivity index (χ3n) is 2.69. The average Bonchev–Trinajstić information content (AvgIpc) is 2.96. The summed E-state index contributed by atoms with van der Waals surface area (Å²) < 4.78 is 31.8. The molecule has 0 saturated heterocycles. The van der Waals surface area contributed by atoms with E-state index in [1.165, 1.54) is 22.8 Å². The lowest BCUT2D eigenvalue weighted by molar-refractivity contribution is 0.0691. The fraction of sp³-hybridized carbons (Fsp3) is 0.333. The topological polar surface area (TPSA) is 110 Å². The molecule has 0 saturated carbocycles. The summed E-state index contributed by atoms with van der Waals surface area (Å²) in [6.45, 7) is 3.40. The van der Waals surface area contributed by atoms with Crippen molar-refractivity contribution in [1.82, 2.24) is 9.71 Å². The number of nitrogens with one attached hydrogen (secondary N) is 1. The number of hydrogen-bond acceptors (Lipinski definition) is 6. The highest BCUT2D eigenvalue weighted by molar-refractivity contribution is 7.89. The van der Waals surface area contributed by atoms with E-state index < -0.39 is 16.0 Å². The minimum Gasteiger partial charge on any atom is -0.476 e. The Balaban J connectivity index is 1.99. The summed E-state index contributed by atoms with van der Waals surface area (Å²) in [4.78, 5) is 14.7. The first-order valence-corrected chi connectivity index (χ1v) is 8.40. The smallest absolute Gasteiger partial charge is 0.355 e. The highest BCUT2D eigenvalue weighted by atomic mass is 32.2. The molecule has 21 heavy (non-hydrogen) atoms. The molecule has 0 aliphatic carbocycles. The van der Waals surface area contributed by atoms with Crippen LogP contribution in [0.4, 0.5) is 0 Å². The lowest BCUT2D eigenvalue weighted by atomic mass is 10.4. The van der Waals surface area contributed by atoms with E-state index in [2.05, 4.69) is 9.71 Å². The van der Waals surface area contributed by atoms with E-state index in [0.29, 0.717) is 22.9 Å². The van der Waals surface area contributed by atoms with Gasteiger partial charge in [-0.2, -0.15) is 0 Å². The van der Waals surface area contributed by atoms with E-state index in [1.54, 1.807) is 13.8 Å². The van der Waals surface area contributed by atoms with E-state index in [0.717, 1.165) is 0 Å². The predicted octanol–water partition coefficient (Wildman–Crippen LogP) is 1.57. The quantitative estimate of drug-likeness (QED) is 0.832. The first-order valence-electron chi connectivity index (χ1n) is 6.04. The van der Waals surface area contributed by atoms with E-state index >= 15 is 0 Å². The van der Waals surface area contributed by atoms with Crippen LogP contribution < -0.4 is 4.72 Å². The highest BCUT2D eigenvalue weighted by Gasteiger charge is 2.20. The summed E-state index contributed by atoms with van der Waals surface area (Å²) in [6.07, 6.45) is 0.326. The van der Waals surface area contributed by atoms with Crippen LogP contribution in [0.5, 0.6) is 0 Å². The first kappa shape index (κ1) is 15.7. The van der Waals surface area contributed by atoms with Crippen LogP contribution in [0.2, 0.25) is 0 Å². The van der Waals surface area contributed by atoms with Crippen molar-refractivity contribution >= 4 is 27.3 Å². The molecule has 2 N–H and O–H groups in total. The number of sulfonamides is 1. The number of thiazole rings is 1. The summed E-state index contributed by atoms with van der Waals surface area (Å²) in [5.74, 6) is -0.233. The molecule has 2 aromatic heterocycles. The normalized spacial score (nSPS) is 11.7. The molecule has 0 atom stereocenters. The first-order chi connectivity index (χ1) is 9.79. The molecule has 0 radical (unpaired) electrons. The zero-order valence-electron chi connectivity index (χ0n) is 11.4. The molecule has 114 valence electrons. The molecule has 2 rings (SSSR count). The second-order valence-electron chi connectivity index (χ2n) is 4.36. The van der Waals surface area contributed by atoms with Crippen LogP contribution in [0.3, 0.4) is 0 Å². The standard InChI is InChI=1S/C12H14N2O5S2/c1-7-5-10(8(2)19-7)21(17,18)13-4-3-11-14-9(6-20-11)12(15)16/h5-6,13H,3-4H2,1-2H3,(H,15,16). The van der Waals surface area contributed by atoms with Gasteiger partial charge < -0.3 is 9.52 Å². The lowest BCUT2D eigenvalue weighted by Gasteiger charge is -2.04. The summed E-state index contributed by atoms with van der Waals surface area (Å²) >= 11 is 1.19. The number of rotatable bonds is 6. The third kappa shape index (κ3) is 3.69. The summed E-state index contributed by atoms with van der Waals surface area (Å²) in [7, 11) is -3.63. The zero-order chi connectivity index (χ0) is 15.6. The van der Waals surface area contributed by atoms with Crippen molar-refractivity contribution in [2.24, 2.45) is 0 Å². The van der Waals surface area contributed by atoms with Gasteiger partial charge >= 0.3 is 5.97 Å². The minimum absolute atomic E-state index is 0.0286. The van der Waals surface area contributed by atoms with Gasteiger partial charge in [0.05, 0.1) is 5.01 Å². The molecule has 0 bridgehead atoms. The maximum atomic E-state index is 12.1. The van der Waals surface area contributed by atoms with Crippen molar-refractivity contribution in [2.45, 2.75) is 25.2 Å². The van der Waals surface area contributed by atoms with Gasteiger partial charge in [-0.25, -0.2) is 22.9 Å². The number of aromatic nitrogens is 1. The summed E-state index contributed by atoms with van der Waals surface area (Å²) in [5, 5.41) is 10.7. The molecule has 0 spiro atoms. The molecule has 0 aliphatic rings. The van der Waals surface area contributed by atoms with Crippen LogP contribution in [-0.4, -0.2) is 31.0 Å². The van der Waals surface area contributed by atoms with E-state index in [1.807, 2.05) is 0 Å². The van der Waals surface area contributed by atoms with Gasteiger partial charge in [-0.1, -0.05) is 0 Å². The average molecular weight is 330 g/mol. The number of furan rings is 1. The second-order valence-corrected chi connectivity index (χ2v) is 7.03. The molecule has 9 heteroatoms. The molecular weight excluding hydrogens is 316 g/mol. The summed E-state index contributed by atoms with van der Waals surface area (Å²) in [5.41, 5.74) is -0.0286. The van der Waals surface area contributed by atoms with Gasteiger partial charge in [0.2, 0.25) is 10.0 Å². The fourth-order valence-corrected chi connectivity index (χ4v) is 3.81. The van der Waals surface area contributed by atoms with Crippen LogP contribution in [-0.2, 0) is 16.4 Å². The Hall–Kier alpha value is -1.71. The minimum atomic E-state index is -3.63. The zero-order valence-corrected chi connectivity index (χ0v) is 13.0. The molecule has 2 aromatic rings. The number of aromatic carboxylic acids is 1. The Kier molecular flexibility index (Phi) is 4.45. The Labute approximate surface area is 125 Å². The van der Waals surface area contributed by atoms with Crippen LogP contribution in [0.1, 0.15) is 27.0 Å². The highest BCUT2D eigenvalue weighted by Crippen LogP contribution is 2.19. The SMILES string of the molecule is Cc1cc(S(=O)(=O)NCCc2nc(C(=O)O)cs2)c(C)o1. The Morgan fingerprint density at radius 2 is 2.19 bits per heavy atom. The monoisotopic (exact) mass is 330 g/mol. The number of carboxylic acids is 1. The van der Waals surface area contributed by atoms with Gasteiger partial charge in [-0.3, -0.25) is 0 Å². The van der Waals surface area contributed by atoms with Crippen LogP contribution in [0.15, 0.2) is 20.8 Å². The van der Waals surface area contributed by atoms with Crippen molar-refractivity contribution in [3.05, 3.63) is 33.7 Å². The van der Waals surface area contributed by atoms with E-state index in [9.17, 15) is 13.2 Å². The third-order valence-corrected chi connectivity index (χ3v) is 5.16. The fourth-order valence-electron chi connectivity index (χ4n) is 1.77. The molecule has 0 unspecified atom stereocenters. The Morgan fingerprint density at radius 3 is 2.71 bits per heavy atom. The number of aryl methyl sites for hydroxylation is 2. The van der Waals surface area contributed by atoms with Crippen molar-refractivity contribution in [3.63, 3.8) is 0 Å². The molecular formula is C12H14N2O5S2. The number of carbonyl (C=O) groups is 1. The van der Waals surface area contributed by atoms with Crippen molar-refractivity contribution in [3.8, 4) is 0 Å². The van der Waals surface area contributed by atoms with Gasteiger partial charge in [-0.15, -0.1) is 11.3 Å². The van der Waals surface area contributed by atoms with Crippen molar-refractivity contribution in [2.75, 3.05) is 6.54 Å². The van der Waals surface area contributed by atoms with E-state index in [-0.39, 0.29) is 17.1 Å². The van der Waals surface area contributed by atoms with Gasteiger partial charge in [0.25, 0.3) is 0 Å². The molecule has 7 nitrogen and oxygen atoms in total. The molecule has 0 fully saturated rings. The molecule has 0 amide bonds. The number of carboxylic acid groups (broad SMARTS) is 1. The van der Waals surface area contributed by atoms with Gasteiger partial charge in [0.15, 0.2) is 5.69 Å². The Bertz CT molecular complexity index is 760. The lowest BCUT2D eigenvalue weighted by Crippen LogP contribution is -2.26. The van der Waals surface area contributed by atoms with Crippen molar-refractivity contribution in [1.29, 1.82) is 0 Å². The molecule has 0 aromatic carbocycles. The van der Waals surface area contributed by atoms with Crippen LogP contribution >= 0.6 is 11.3 Å². The number of nitrogens with zero attached hydrogens (tertiary/aromatic N) is 1. The maximum absolute atomic E-state index is 12.1. The van der Waals surface area contributed by atoms with Gasteiger partial charge in [0.1, 0.15) is 16.4 Å². The number of hydrogen-bond donors (Lipinski definition) is 2.